The topological polar surface area (TPSA) is 61.8 Å². The first kappa shape index (κ1) is 18.5. The van der Waals surface area contributed by atoms with Gasteiger partial charge in [0.2, 0.25) is 0 Å². The average Bonchev–Trinajstić information content (AvgIpc) is 2.82. The van der Waals surface area contributed by atoms with Gasteiger partial charge in [-0.15, -0.1) is 0 Å². The molecule has 0 radical (unpaired) electrons. The molecule has 1 aliphatic heterocycles. The summed E-state index contributed by atoms with van der Waals surface area (Å²) in [4.78, 5) is 14.3. The molecular formula is C19H27ClN2O3. The number of carbonyl (C=O) groups is 1. The maximum atomic E-state index is 12.0. The van der Waals surface area contributed by atoms with E-state index in [1.54, 1.807) is 0 Å². The first-order chi connectivity index (χ1) is 11.7. The number of alkyl carbamates (subject to hydrolysis) is 1. The molecular weight excluding hydrogens is 340 g/mol. The Bertz CT molecular complexity index is 644. The molecule has 6 heteroatoms. The maximum Gasteiger partial charge on any atom is 0.407 e. The van der Waals surface area contributed by atoms with Gasteiger partial charge in [0, 0.05) is 23.7 Å². The summed E-state index contributed by atoms with van der Waals surface area (Å²) < 4.78 is 5.35. The summed E-state index contributed by atoms with van der Waals surface area (Å²) in [6, 6.07) is 5.78. The van der Waals surface area contributed by atoms with Gasteiger partial charge in [0.05, 0.1) is 6.10 Å². The summed E-state index contributed by atoms with van der Waals surface area (Å²) in [5.74, 6) is 0. The number of nitrogens with one attached hydrogen (secondary N) is 1. The van der Waals surface area contributed by atoms with Crippen molar-refractivity contribution in [2.45, 2.75) is 63.8 Å². The Morgan fingerprint density at radius 2 is 2.16 bits per heavy atom. The Labute approximate surface area is 154 Å². The average molecular weight is 367 g/mol. The Hall–Kier alpha value is -1.30. The normalized spacial score (nSPS) is 27.0. The predicted octanol–water partition coefficient (Wildman–Crippen LogP) is 3.29. The monoisotopic (exact) mass is 366 g/mol. The van der Waals surface area contributed by atoms with Gasteiger partial charge >= 0.3 is 6.09 Å². The zero-order chi connectivity index (χ0) is 18.2. The van der Waals surface area contributed by atoms with Gasteiger partial charge in [0.25, 0.3) is 0 Å². The molecule has 3 rings (SSSR count). The number of likely N-dealkylation sites (tertiary alicyclic amines) is 1. The number of aliphatic hydroxyl groups is 1. The van der Waals surface area contributed by atoms with Crippen molar-refractivity contribution in [2.24, 2.45) is 0 Å². The van der Waals surface area contributed by atoms with Gasteiger partial charge < -0.3 is 15.2 Å². The Balaban J connectivity index is 1.62. The first-order valence-corrected chi connectivity index (χ1v) is 9.31. The van der Waals surface area contributed by atoms with Crippen molar-refractivity contribution in [1.29, 1.82) is 0 Å². The highest BCUT2D eigenvalue weighted by molar-refractivity contribution is 6.30. The molecule has 138 valence electrons. The molecule has 1 fully saturated rings. The molecule has 1 saturated heterocycles. The lowest BCUT2D eigenvalue weighted by Crippen LogP contribution is -2.52. The lowest BCUT2D eigenvalue weighted by Gasteiger charge is -2.38. The number of nitrogens with zero attached hydrogens (tertiary/aromatic N) is 1. The minimum absolute atomic E-state index is 0.0386. The number of hydrogen-bond donors (Lipinski definition) is 2. The fourth-order valence-corrected chi connectivity index (χ4v) is 4.01. The number of fused-ring (bicyclic) bond motifs is 1. The summed E-state index contributed by atoms with van der Waals surface area (Å²) in [6.45, 7) is 7.23. The Morgan fingerprint density at radius 3 is 2.88 bits per heavy atom. The minimum atomic E-state index is -0.507. The van der Waals surface area contributed by atoms with Gasteiger partial charge in [0.1, 0.15) is 5.60 Å². The third-order valence-electron chi connectivity index (χ3n) is 4.86. The van der Waals surface area contributed by atoms with Crippen LogP contribution in [0.15, 0.2) is 18.2 Å². The predicted molar refractivity (Wildman–Crippen MR) is 97.9 cm³/mol. The van der Waals surface area contributed by atoms with E-state index in [0.717, 1.165) is 43.5 Å². The molecule has 1 unspecified atom stereocenters. The number of aliphatic hydroxyl groups excluding tert-OH is 1. The van der Waals surface area contributed by atoms with E-state index in [-0.39, 0.29) is 18.2 Å². The number of amides is 1. The molecule has 0 spiro atoms. The number of halogens is 1. The number of benzene rings is 1. The highest BCUT2D eigenvalue weighted by Crippen LogP contribution is 2.36. The second kappa shape index (κ2) is 7.14. The number of rotatable bonds is 2. The van der Waals surface area contributed by atoms with E-state index in [0.29, 0.717) is 5.02 Å². The van der Waals surface area contributed by atoms with Crippen LogP contribution >= 0.6 is 11.6 Å². The highest BCUT2D eigenvalue weighted by atomic mass is 35.5. The van der Waals surface area contributed by atoms with Crippen LogP contribution in [0.4, 0.5) is 4.79 Å². The van der Waals surface area contributed by atoms with Crippen LogP contribution in [0.3, 0.4) is 0 Å². The van der Waals surface area contributed by atoms with Gasteiger partial charge in [-0.3, -0.25) is 4.90 Å². The van der Waals surface area contributed by atoms with E-state index in [2.05, 4.69) is 10.2 Å². The summed E-state index contributed by atoms with van der Waals surface area (Å²) >= 11 is 6.08. The van der Waals surface area contributed by atoms with E-state index in [4.69, 9.17) is 16.3 Å². The lowest BCUT2D eigenvalue weighted by atomic mass is 10.0. The molecule has 3 atom stereocenters. The third kappa shape index (κ3) is 4.46. The Morgan fingerprint density at radius 1 is 1.40 bits per heavy atom. The zero-order valence-corrected chi connectivity index (χ0v) is 15.8. The molecule has 25 heavy (non-hydrogen) atoms. The van der Waals surface area contributed by atoms with E-state index in [9.17, 15) is 9.90 Å². The quantitative estimate of drug-likeness (QED) is 0.843. The summed E-state index contributed by atoms with van der Waals surface area (Å²) in [5.41, 5.74) is 1.59. The van der Waals surface area contributed by atoms with Gasteiger partial charge in [-0.05, 0) is 69.8 Å². The number of ether oxygens (including phenoxy) is 1. The maximum absolute atomic E-state index is 12.0. The standard InChI is InChI=1S/C19H27ClN2O3/c1-19(2,3)25-18(24)21-14-5-4-8-22(11-14)16-10-12-9-13(20)6-7-15(12)17(16)23/h6-7,9,14,16-17,23H,4-5,8,10-11H2,1-3H3,(H,21,24)/t14?,16-,17+/m0/s1. The van der Waals surface area contributed by atoms with Crippen LogP contribution in [0.25, 0.3) is 0 Å². The van der Waals surface area contributed by atoms with Gasteiger partial charge in [-0.1, -0.05) is 17.7 Å². The molecule has 1 aliphatic carbocycles. The van der Waals surface area contributed by atoms with Crippen molar-refractivity contribution < 1.29 is 14.6 Å². The van der Waals surface area contributed by atoms with E-state index in [1.807, 2.05) is 39.0 Å². The van der Waals surface area contributed by atoms with Crippen molar-refractivity contribution in [3.05, 3.63) is 34.3 Å². The molecule has 1 aromatic carbocycles. The van der Waals surface area contributed by atoms with Gasteiger partial charge in [-0.2, -0.15) is 0 Å². The summed E-state index contributed by atoms with van der Waals surface area (Å²) in [6.07, 6.45) is 1.82. The van der Waals surface area contributed by atoms with Crippen molar-refractivity contribution in [1.82, 2.24) is 10.2 Å². The molecule has 1 aromatic rings. The molecule has 0 aromatic heterocycles. The molecule has 1 amide bonds. The zero-order valence-electron chi connectivity index (χ0n) is 15.1. The fraction of sp³-hybridized carbons (Fsp3) is 0.632. The minimum Gasteiger partial charge on any atom is -0.444 e. The van der Waals surface area contributed by atoms with Gasteiger partial charge in [-0.25, -0.2) is 4.79 Å². The number of carbonyl (C=O) groups excluding carboxylic acids is 1. The first-order valence-electron chi connectivity index (χ1n) is 8.93. The molecule has 5 nitrogen and oxygen atoms in total. The smallest absolute Gasteiger partial charge is 0.407 e. The number of hydrogen-bond acceptors (Lipinski definition) is 4. The molecule has 2 N–H and O–H groups in total. The molecule has 0 saturated carbocycles. The van der Waals surface area contributed by atoms with Crippen molar-refractivity contribution in [2.75, 3.05) is 13.1 Å². The van der Waals surface area contributed by atoms with Crippen LogP contribution in [0.2, 0.25) is 5.02 Å². The summed E-state index contributed by atoms with van der Waals surface area (Å²) in [5, 5.41) is 14.4. The molecule has 0 bridgehead atoms. The van der Waals surface area contributed by atoms with Crippen molar-refractivity contribution in [3.8, 4) is 0 Å². The van der Waals surface area contributed by atoms with E-state index < -0.39 is 11.7 Å². The largest absolute Gasteiger partial charge is 0.444 e. The van der Waals surface area contributed by atoms with Crippen LogP contribution in [-0.2, 0) is 11.2 Å². The van der Waals surface area contributed by atoms with E-state index in [1.165, 1.54) is 0 Å². The van der Waals surface area contributed by atoms with Crippen molar-refractivity contribution >= 4 is 17.7 Å². The third-order valence-corrected chi connectivity index (χ3v) is 5.09. The number of piperidine rings is 1. The highest BCUT2D eigenvalue weighted by Gasteiger charge is 2.37. The van der Waals surface area contributed by atoms with Gasteiger partial charge in [0.15, 0.2) is 0 Å². The van der Waals surface area contributed by atoms with E-state index >= 15 is 0 Å². The van der Waals surface area contributed by atoms with Crippen LogP contribution in [-0.4, -0.2) is 46.9 Å². The fourth-order valence-electron chi connectivity index (χ4n) is 3.81. The van der Waals surface area contributed by atoms with Crippen LogP contribution < -0.4 is 5.32 Å². The molecule has 2 aliphatic rings. The van der Waals surface area contributed by atoms with Crippen LogP contribution in [0.5, 0.6) is 0 Å². The lowest BCUT2D eigenvalue weighted by molar-refractivity contribution is 0.0301. The second-order valence-corrected chi connectivity index (χ2v) is 8.48. The Kier molecular flexibility index (Phi) is 5.28. The van der Waals surface area contributed by atoms with Crippen LogP contribution in [0.1, 0.15) is 50.8 Å². The van der Waals surface area contributed by atoms with Crippen molar-refractivity contribution in [3.63, 3.8) is 0 Å². The summed E-state index contributed by atoms with van der Waals surface area (Å²) in [7, 11) is 0. The SMILES string of the molecule is CC(C)(C)OC(=O)NC1CCCN([C@H]2Cc3cc(Cl)ccc3[C@H]2O)C1. The van der Waals surface area contributed by atoms with Crippen LogP contribution in [0, 0.1) is 0 Å². The molecule has 1 heterocycles. The second-order valence-electron chi connectivity index (χ2n) is 8.04.